The van der Waals surface area contributed by atoms with Crippen LogP contribution < -0.4 is 12.4 Å². The van der Waals surface area contributed by atoms with Gasteiger partial charge in [-0.1, -0.05) is 84.3 Å². The zero-order valence-electron chi connectivity index (χ0n) is 66.6. The van der Waals surface area contributed by atoms with Crippen molar-refractivity contribution < 1.29 is 35.7 Å². The van der Waals surface area contributed by atoms with Gasteiger partial charge < -0.3 is 17.9 Å². The highest BCUT2D eigenvalue weighted by Crippen LogP contribution is 2.86. The zero-order chi connectivity index (χ0) is 74.4. The van der Waals surface area contributed by atoms with Gasteiger partial charge in [-0.2, -0.15) is 0 Å². The highest BCUT2D eigenvalue weighted by atomic mass is 35.5. The molecule has 2 aromatic rings. The molecule has 564 valence electrons. The molecule has 0 aliphatic rings. The lowest BCUT2D eigenvalue weighted by Gasteiger charge is -2.42. The Kier molecular flexibility index (Phi) is 47.6. The van der Waals surface area contributed by atoms with E-state index in [2.05, 4.69) is 378 Å². The monoisotopic (exact) mass is 1600 g/mol. The van der Waals surface area contributed by atoms with E-state index in [9.17, 15) is 0 Å². The van der Waals surface area contributed by atoms with E-state index >= 15 is 0 Å². The van der Waals surface area contributed by atoms with Gasteiger partial charge in [-0.25, -0.2) is 28.0 Å². The second-order valence-electron chi connectivity index (χ2n) is 27.3. The molecule has 0 unspecified atom stereocenters. The first-order valence-electron chi connectivity index (χ1n) is 31.0. The number of halogens is 1. The molecule has 2 aromatic carbocycles. The topological polar surface area (TPSA) is 243 Å². The van der Waals surface area contributed by atoms with Crippen LogP contribution in [0.1, 0.15) is 48.9 Å². The summed E-state index contributed by atoms with van der Waals surface area (Å²) in [6.07, 6.45) is 4.50. The molecular formula is C56H135ClN22O5P10Si2. The highest BCUT2D eigenvalue weighted by molar-refractivity contribution is 7.89. The average Bonchev–Trinajstić information content (AvgIpc) is 0.749. The number of hydrogen-bond acceptors (Lipinski definition) is 13. The smallest absolute Gasteiger partial charge is 0.549 e. The quantitative estimate of drug-likeness (QED) is 0.0521. The molecule has 0 heterocycles. The molecule has 27 nitrogen and oxygen atoms in total. The standard InChI is InChI=1S/2C28H67N11P5.ClH.2O2Si.H2O/c2*1-20-21-27-22-24-28(25-23-27)26-39(14)44(37(10)11,38(12)13)32-43(29-40(15,16)17,30-41(18,33(2)3)34(4)5)31-42(19,35(6)7)36(8)9;;2*1-3-2;/h2*22-25H,20-21,26H2,1-19H3;1H;;;1H2/q2*+1;;;;/p-2. The Balaban J connectivity index is -0.000000798. The maximum Gasteiger partial charge on any atom is 0.549 e. The van der Waals surface area contributed by atoms with Crippen LogP contribution in [0.25, 0.3) is 0 Å². The summed E-state index contributed by atoms with van der Waals surface area (Å²) in [4.78, 5) is 0. The Labute approximate surface area is 599 Å². The van der Waals surface area contributed by atoms with Crippen molar-refractivity contribution >= 4 is 92.9 Å². The van der Waals surface area contributed by atoms with Gasteiger partial charge in [-0.05, 0) is 285 Å². The number of aryl methyl sites for hydroxylation is 2. The van der Waals surface area contributed by atoms with E-state index < -0.39 is 92.9 Å². The normalized spacial score (nSPS) is 13.1. The fourth-order valence-electron chi connectivity index (χ4n) is 9.55. The molecule has 0 saturated carbocycles. The molecule has 0 bridgehead atoms. The van der Waals surface area contributed by atoms with Crippen molar-refractivity contribution in [2.75, 3.05) is 250 Å². The fraction of sp³-hybridized carbons (Fsp3) is 0.786. The molecule has 1 N–H and O–H groups in total. The summed E-state index contributed by atoms with van der Waals surface area (Å²) in [5.41, 5.74) is 5.30. The van der Waals surface area contributed by atoms with Crippen LogP contribution in [0.5, 0.6) is 0 Å². The van der Waals surface area contributed by atoms with Crippen molar-refractivity contribution in [3.63, 3.8) is 0 Å². The maximum absolute atomic E-state index is 8.40. The van der Waals surface area contributed by atoms with Crippen molar-refractivity contribution in [2.45, 2.75) is 52.6 Å². The predicted octanol–water partition coefficient (Wildman–Crippen LogP) is 12.5. The highest BCUT2D eigenvalue weighted by Gasteiger charge is 2.54. The lowest BCUT2D eigenvalue weighted by atomic mass is 10.1. The Morgan fingerprint density at radius 3 is 0.604 bits per heavy atom. The predicted molar refractivity (Wildman–Crippen MR) is 432 cm³/mol. The van der Waals surface area contributed by atoms with Gasteiger partial charge >= 0.3 is 34.3 Å². The van der Waals surface area contributed by atoms with Crippen LogP contribution in [0.2, 0.25) is 0 Å². The summed E-state index contributed by atoms with van der Waals surface area (Å²) in [5, 5.41) is 0. The number of hydrogen-bond donors (Lipinski definition) is 0. The van der Waals surface area contributed by atoms with E-state index in [1.807, 2.05) is 0 Å². The zero-order valence-corrected chi connectivity index (χ0v) is 78.3. The second kappa shape index (κ2) is 44.4. The van der Waals surface area contributed by atoms with E-state index in [4.69, 9.17) is 54.0 Å². The molecule has 40 heteroatoms. The molecule has 0 aromatic heterocycles. The Bertz CT molecular complexity index is 2860. The van der Waals surface area contributed by atoms with Crippen LogP contribution in [-0.2, 0) is 43.8 Å². The Morgan fingerprint density at radius 2 is 0.469 bits per heavy atom. The molecule has 0 aliphatic heterocycles. The van der Waals surface area contributed by atoms with Crippen LogP contribution in [-0.4, -0.2) is 339 Å². The Hall–Kier alpha value is 0.464. The molecule has 0 fully saturated rings. The fourth-order valence-corrected chi connectivity index (χ4v) is 47.0. The average molecular weight is 1600 g/mol. The molecule has 2 rings (SSSR count). The van der Waals surface area contributed by atoms with E-state index in [0.717, 1.165) is 38.8 Å². The van der Waals surface area contributed by atoms with Gasteiger partial charge in [0.1, 0.15) is 29.4 Å². The van der Waals surface area contributed by atoms with Gasteiger partial charge in [0.15, 0.2) is 0 Å². The number of nitrogens with zero attached hydrogens (tertiary/aromatic N) is 22. The maximum atomic E-state index is 8.40. The van der Waals surface area contributed by atoms with Crippen molar-refractivity contribution in [3.8, 4) is 0 Å². The van der Waals surface area contributed by atoms with Gasteiger partial charge in [-0.3, -0.25) is 55.2 Å². The summed E-state index contributed by atoms with van der Waals surface area (Å²) >= 11 is 0. The van der Waals surface area contributed by atoms with E-state index in [0.29, 0.717) is 0 Å². The van der Waals surface area contributed by atoms with Crippen LogP contribution in [0.15, 0.2) is 84.7 Å². The molecule has 0 amide bonds. The molecule has 0 radical (unpaired) electrons. The van der Waals surface area contributed by atoms with E-state index in [-0.39, 0.29) is 17.9 Å². The van der Waals surface area contributed by atoms with Crippen LogP contribution in [0, 0.1) is 0 Å². The lowest BCUT2D eigenvalue weighted by Crippen LogP contribution is -3.00. The SMILES string of the molecule is CCCc1ccc(CN(C)P(=N[P+](N=P(C)(C)C)(N=P(C)(N(C)C)N(C)C)N=P(C)(N(C)C)N(C)C)(N(C)C)N(C)C)cc1.CCCc1ccc(CN(C)P(=N[P+](N=P(C)(C)C)(N=P(C)(N(C)C)N(C)C)N=P(C)(N(C)C)N(C)C)(N(C)C)N(C)C)cc1.O=[Si]=O.O=[Si]=O.[Cl-].[OH-]. The van der Waals surface area contributed by atoms with Gasteiger partial charge in [-0.15, -0.1) is 0 Å². The first-order valence-corrected chi connectivity index (χ1v) is 53.6. The second-order valence-corrected chi connectivity index (χ2v) is 63.3. The largest absolute Gasteiger partial charge is 1.00 e. The van der Waals surface area contributed by atoms with Gasteiger partial charge in [0, 0.05) is 53.9 Å². The minimum atomic E-state index is -3.08. The van der Waals surface area contributed by atoms with Crippen molar-refractivity contribution in [1.29, 1.82) is 0 Å². The van der Waals surface area contributed by atoms with Crippen LogP contribution in [0.3, 0.4) is 0 Å². The van der Waals surface area contributed by atoms with Gasteiger partial charge in [0.05, 0.1) is 0 Å². The number of benzene rings is 2. The minimum absolute atomic E-state index is 0. The van der Waals surface area contributed by atoms with Crippen molar-refractivity contribution in [1.82, 2.24) is 65.4 Å². The number of rotatable bonds is 30. The Morgan fingerprint density at radius 1 is 0.302 bits per heavy atom. The third-order valence-electron chi connectivity index (χ3n) is 15.5. The molecule has 0 saturated heterocycles. The molecule has 0 aliphatic carbocycles. The summed E-state index contributed by atoms with van der Waals surface area (Å²) in [5.74, 6) is 0. The van der Waals surface area contributed by atoms with E-state index in [1.54, 1.807) is 0 Å². The molecular weight excluding hydrogens is 1460 g/mol. The summed E-state index contributed by atoms with van der Waals surface area (Å²) in [7, 11) is 29.2. The minimum Gasteiger partial charge on any atom is -1.00 e. The first-order chi connectivity index (χ1) is 42.7. The van der Waals surface area contributed by atoms with Crippen molar-refractivity contribution in [2.24, 2.45) is 36.1 Å². The van der Waals surface area contributed by atoms with Gasteiger partial charge in [0.2, 0.25) is 15.0 Å². The molecule has 96 heavy (non-hydrogen) atoms. The van der Waals surface area contributed by atoms with Crippen LogP contribution in [0.4, 0.5) is 0 Å². The van der Waals surface area contributed by atoms with Crippen molar-refractivity contribution in [3.05, 3.63) is 70.8 Å². The third kappa shape index (κ3) is 29.8. The summed E-state index contributed by atoms with van der Waals surface area (Å²) in [6.45, 7) is 28.6. The first kappa shape index (κ1) is 103. The van der Waals surface area contributed by atoms with Gasteiger partial charge in [0.25, 0.3) is 0 Å². The summed E-state index contributed by atoms with van der Waals surface area (Å²) in [6, 6.07) is 18.2. The molecule has 0 spiro atoms. The summed E-state index contributed by atoms with van der Waals surface area (Å²) < 4.78 is 113. The molecule has 0 atom stereocenters. The van der Waals surface area contributed by atoms with Crippen LogP contribution >= 0.6 is 74.3 Å². The van der Waals surface area contributed by atoms with E-state index in [1.165, 1.54) is 22.3 Å². The third-order valence-corrected chi connectivity index (χ3v) is 53.3. The lowest BCUT2D eigenvalue weighted by molar-refractivity contribution is -0.0000288.